The predicted octanol–water partition coefficient (Wildman–Crippen LogP) is 8.37. The molecule has 0 aliphatic heterocycles. The van der Waals surface area contributed by atoms with Crippen molar-refractivity contribution in [2.45, 2.75) is 56.7 Å². The molecule has 2 aliphatic carbocycles. The number of methoxy groups -OCH3 is 1. The van der Waals surface area contributed by atoms with Crippen LogP contribution in [0.25, 0.3) is 11.3 Å². The van der Waals surface area contributed by atoms with Crippen molar-refractivity contribution in [1.82, 2.24) is 10.1 Å². The average molecular weight is 604 g/mol. The van der Waals surface area contributed by atoms with Gasteiger partial charge in [0.05, 0.1) is 33.3 Å². The molecule has 0 amide bonds. The summed E-state index contributed by atoms with van der Waals surface area (Å²) in [6.45, 7) is 2.10. The first kappa shape index (κ1) is 27.3. The highest BCUT2D eigenvalue weighted by Gasteiger charge is 2.47. The van der Waals surface area contributed by atoms with Crippen molar-refractivity contribution in [3.63, 3.8) is 0 Å². The molecule has 0 spiro atoms. The summed E-state index contributed by atoms with van der Waals surface area (Å²) in [7, 11) is 1.60. The number of hydrogen-bond acceptors (Lipinski definition) is 6. The Morgan fingerprint density at radius 2 is 1.77 bits per heavy atom. The lowest BCUT2D eigenvalue weighted by atomic mass is 9.65. The van der Waals surface area contributed by atoms with Gasteiger partial charge in [-0.25, -0.2) is 9.37 Å². The number of ether oxygens (including phenoxy) is 2. The van der Waals surface area contributed by atoms with E-state index in [1.165, 1.54) is 12.1 Å². The number of benzene rings is 2. The quantitative estimate of drug-likeness (QED) is 0.218. The number of aryl methyl sites for hydroxylation is 1. The van der Waals surface area contributed by atoms with Crippen molar-refractivity contribution in [3.05, 3.63) is 91.5 Å². The Labute approximate surface area is 246 Å². The van der Waals surface area contributed by atoms with E-state index in [0.29, 0.717) is 57.6 Å². The minimum atomic E-state index is -1.06. The highest BCUT2D eigenvalue weighted by molar-refractivity contribution is 6.39. The van der Waals surface area contributed by atoms with E-state index in [-0.39, 0.29) is 28.5 Å². The summed E-state index contributed by atoms with van der Waals surface area (Å²) in [4.78, 5) is 4.36. The zero-order valence-electron chi connectivity index (χ0n) is 21.8. The molecule has 40 heavy (non-hydrogen) atoms. The van der Waals surface area contributed by atoms with Crippen molar-refractivity contribution in [2.24, 2.45) is 0 Å². The molecule has 208 valence electrons. The van der Waals surface area contributed by atoms with Crippen LogP contribution in [-0.4, -0.2) is 22.4 Å². The number of hydrogen-bond donors (Lipinski definition) is 1. The van der Waals surface area contributed by atoms with Crippen LogP contribution in [0.15, 0.2) is 47.1 Å². The molecule has 0 radical (unpaired) electrons. The first-order valence-corrected chi connectivity index (χ1v) is 14.1. The Morgan fingerprint density at radius 1 is 1.05 bits per heavy atom. The zero-order valence-corrected chi connectivity index (χ0v) is 24.1. The third-order valence-corrected chi connectivity index (χ3v) is 8.56. The van der Waals surface area contributed by atoms with Gasteiger partial charge < -0.3 is 19.1 Å². The van der Waals surface area contributed by atoms with E-state index >= 15 is 0 Å². The van der Waals surface area contributed by atoms with E-state index in [0.717, 1.165) is 24.0 Å². The van der Waals surface area contributed by atoms with Crippen LogP contribution in [0.3, 0.4) is 0 Å². The van der Waals surface area contributed by atoms with Gasteiger partial charge in [0.25, 0.3) is 0 Å². The summed E-state index contributed by atoms with van der Waals surface area (Å²) in [5.41, 5.74) is 3.14. The molecule has 0 unspecified atom stereocenters. The fourth-order valence-corrected chi connectivity index (χ4v) is 6.43. The molecule has 2 aromatic heterocycles. The van der Waals surface area contributed by atoms with Crippen LogP contribution in [0.5, 0.6) is 11.6 Å². The molecule has 0 saturated heterocycles. The third kappa shape index (κ3) is 5.05. The van der Waals surface area contributed by atoms with Gasteiger partial charge in [-0.05, 0) is 74.4 Å². The molecule has 6 nitrogen and oxygen atoms in total. The summed E-state index contributed by atoms with van der Waals surface area (Å²) in [5.74, 6) is 1.62. The molecule has 4 aromatic rings. The van der Waals surface area contributed by atoms with Gasteiger partial charge in [0.2, 0.25) is 5.88 Å². The lowest BCUT2D eigenvalue weighted by Gasteiger charge is -2.44. The molecule has 2 aromatic carbocycles. The van der Waals surface area contributed by atoms with Gasteiger partial charge in [-0.1, -0.05) is 46.0 Å². The molecule has 1 N–H and O–H groups in total. The predicted molar refractivity (Wildman–Crippen MR) is 151 cm³/mol. The van der Waals surface area contributed by atoms with E-state index in [2.05, 4.69) is 16.2 Å². The highest BCUT2D eigenvalue weighted by Crippen LogP contribution is 2.54. The van der Waals surface area contributed by atoms with E-state index in [4.69, 9.17) is 48.8 Å². The van der Waals surface area contributed by atoms with Crippen molar-refractivity contribution in [1.29, 1.82) is 0 Å². The maximum atomic E-state index is 13.8. The monoisotopic (exact) mass is 602 g/mol. The first-order chi connectivity index (χ1) is 19.2. The lowest BCUT2D eigenvalue weighted by Crippen LogP contribution is -2.40. The molecule has 0 bridgehead atoms. The normalized spacial score (nSPS) is 20.3. The lowest BCUT2D eigenvalue weighted by molar-refractivity contribution is -0.0554. The number of halogens is 4. The minimum Gasteiger partial charge on any atom is -0.489 e. The van der Waals surface area contributed by atoms with Crippen LogP contribution in [0.1, 0.15) is 65.5 Å². The molecule has 2 fully saturated rings. The Kier molecular flexibility index (Phi) is 7.20. The number of nitrogens with zero attached hydrogens (tertiary/aromatic N) is 2. The number of rotatable bonds is 8. The van der Waals surface area contributed by atoms with Gasteiger partial charge in [0, 0.05) is 28.8 Å². The topological polar surface area (TPSA) is 77.6 Å². The van der Waals surface area contributed by atoms with Gasteiger partial charge >= 0.3 is 0 Å². The maximum absolute atomic E-state index is 13.8. The fourth-order valence-electron chi connectivity index (χ4n) is 5.45. The van der Waals surface area contributed by atoms with Crippen LogP contribution in [-0.2, 0) is 12.2 Å². The first-order valence-electron chi connectivity index (χ1n) is 13.0. The van der Waals surface area contributed by atoms with Crippen molar-refractivity contribution in [2.75, 3.05) is 7.11 Å². The SMILES string of the molecule is COc1ncc(C)cc1C1CC(O)(c2ccc(OCc3c(-c4c(Cl)cc(F)cc4Cl)noc3C3CC3)cc2Cl)C1. The summed E-state index contributed by atoms with van der Waals surface area (Å²) < 4.78 is 31.0. The van der Waals surface area contributed by atoms with Crippen LogP contribution < -0.4 is 9.47 Å². The summed E-state index contributed by atoms with van der Waals surface area (Å²) in [6.07, 6.45) is 4.74. The van der Waals surface area contributed by atoms with E-state index in [9.17, 15) is 9.50 Å². The van der Waals surface area contributed by atoms with Crippen LogP contribution in [0.2, 0.25) is 15.1 Å². The molecule has 2 saturated carbocycles. The van der Waals surface area contributed by atoms with E-state index in [1.807, 2.05) is 6.92 Å². The number of aliphatic hydroxyl groups is 1. The molecule has 2 heterocycles. The highest BCUT2D eigenvalue weighted by atomic mass is 35.5. The van der Waals surface area contributed by atoms with Gasteiger partial charge in [0.15, 0.2) is 0 Å². The second kappa shape index (κ2) is 10.5. The van der Waals surface area contributed by atoms with Gasteiger partial charge in [-0.3, -0.25) is 0 Å². The summed E-state index contributed by atoms with van der Waals surface area (Å²) >= 11 is 19.3. The second-order valence-corrected chi connectivity index (χ2v) is 11.8. The molecule has 0 atom stereocenters. The van der Waals surface area contributed by atoms with Crippen LogP contribution >= 0.6 is 34.8 Å². The number of pyridine rings is 1. The summed E-state index contributed by atoms with van der Waals surface area (Å²) in [6, 6.07) is 9.71. The Hall–Kier alpha value is -2.84. The van der Waals surface area contributed by atoms with Crippen molar-refractivity contribution >= 4 is 34.8 Å². The Balaban J connectivity index is 1.21. The largest absolute Gasteiger partial charge is 0.489 e. The van der Waals surface area contributed by atoms with E-state index < -0.39 is 11.4 Å². The molecular formula is C30H26Cl3FN2O4. The standard InChI is InChI=1S/C30H26Cl3FN2O4/c1-15-7-20(29(38-2)35-13-15)17-11-30(37,12-17)22-6-5-19(10-23(22)31)39-14-21-27(36-40-28(21)16-3-4-16)26-24(32)8-18(34)9-25(26)33/h5-10,13,16-17,37H,3-4,11-12,14H2,1-2H3. The van der Waals surface area contributed by atoms with Crippen LogP contribution in [0, 0.1) is 12.7 Å². The zero-order chi connectivity index (χ0) is 28.2. The molecular weight excluding hydrogens is 578 g/mol. The van der Waals surface area contributed by atoms with Gasteiger partial charge in [-0.2, -0.15) is 0 Å². The van der Waals surface area contributed by atoms with E-state index in [1.54, 1.807) is 31.5 Å². The smallest absolute Gasteiger partial charge is 0.216 e. The van der Waals surface area contributed by atoms with Crippen molar-refractivity contribution < 1.29 is 23.5 Å². The van der Waals surface area contributed by atoms with Gasteiger partial charge in [0.1, 0.15) is 29.6 Å². The fraction of sp³-hybridized carbons (Fsp3) is 0.333. The Bertz CT molecular complexity index is 1580. The van der Waals surface area contributed by atoms with Gasteiger partial charge in [-0.15, -0.1) is 0 Å². The second-order valence-electron chi connectivity index (χ2n) is 10.6. The average Bonchev–Trinajstić information content (AvgIpc) is 3.65. The maximum Gasteiger partial charge on any atom is 0.216 e. The number of aromatic nitrogens is 2. The van der Waals surface area contributed by atoms with Crippen LogP contribution in [0.4, 0.5) is 4.39 Å². The van der Waals surface area contributed by atoms with Crippen molar-refractivity contribution in [3.8, 4) is 22.9 Å². The molecule has 10 heteroatoms. The third-order valence-electron chi connectivity index (χ3n) is 7.65. The molecule has 2 aliphatic rings. The Morgan fingerprint density at radius 3 is 2.42 bits per heavy atom. The molecule has 6 rings (SSSR count). The minimum absolute atomic E-state index is 0.109. The summed E-state index contributed by atoms with van der Waals surface area (Å²) in [5, 5.41) is 16.3.